The van der Waals surface area contributed by atoms with Gasteiger partial charge in [-0.3, -0.25) is 0 Å². The van der Waals surface area contributed by atoms with E-state index in [4.69, 9.17) is 16.1 Å². The van der Waals surface area contributed by atoms with Crippen molar-refractivity contribution in [3.63, 3.8) is 0 Å². The summed E-state index contributed by atoms with van der Waals surface area (Å²) in [4.78, 5) is 4.50. The van der Waals surface area contributed by atoms with Gasteiger partial charge in [-0.2, -0.15) is 16.7 Å². The van der Waals surface area contributed by atoms with Crippen LogP contribution < -0.4 is 0 Å². The molecule has 0 bridgehead atoms. The summed E-state index contributed by atoms with van der Waals surface area (Å²) >= 11 is 9.98. The van der Waals surface area contributed by atoms with Gasteiger partial charge < -0.3 is 9.63 Å². The number of hydrogen-bond donors (Lipinski definition) is 1. The Labute approximate surface area is 136 Å². The van der Waals surface area contributed by atoms with Gasteiger partial charge in [0.2, 0.25) is 0 Å². The lowest BCUT2D eigenvalue weighted by molar-refractivity contribution is 0.420. The Morgan fingerprint density at radius 3 is 3.00 bits per heavy atom. The highest BCUT2D eigenvalue weighted by atomic mass is 35.5. The van der Waals surface area contributed by atoms with E-state index in [2.05, 4.69) is 17.1 Å². The van der Waals surface area contributed by atoms with Crippen molar-refractivity contribution < 1.29 is 9.63 Å². The summed E-state index contributed by atoms with van der Waals surface area (Å²) in [6.07, 6.45) is 1.08. The van der Waals surface area contributed by atoms with Crippen molar-refractivity contribution in [1.29, 1.82) is 0 Å². The van der Waals surface area contributed by atoms with E-state index in [1.54, 1.807) is 12.1 Å². The minimum Gasteiger partial charge on any atom is -0.508 e. The second-order valence-corrected chi connectivity index (χ2v) is 7.73. The van der Waals surface area contributed by atoms with Crippen LogP contribution in [-0.4, -0.2) is 32.0 Å². The predicted octanol–water partition coefficient (Wildman–Crippen LogP) is 4.40. The average molecular weight is 343 g/mol. The third-order valence-corrected chi connectivity index (χ3v) is 6.90. The molecule has 2 aromatic rings. The van der Waals surface area contributed by atoms with Crippen LogP contribution in [-0.2, 0) is 0 Å². The number of benzene rings is 1. The number of hydrogen-bond acceptors (Lipinski definition) is 6. The van der Waals surface area contributed by atoms with Crippen LogP contribution in [0.3, 0.4) is 0 Å². The maximum atomic E-state index is 9.58. The van der Waals surface area contributed by atoms with Crippen molar-refractivity contribution >= 4 is 35.1 Å². The van der Waals surface area contributed by atoms with Crippen LogP contribution in [0.25, 0.3) is 11.5 Å². The summed E-state index contributed by atoms with van der Waals surface area (Å²) in [5.74, 6) is 3.47. The molecule has 2 unspecified atom stereocenters. The zero-order valence-corrected chi connectivity index (χ0v) is 13.8. The molecule has 2 atom stereocenters. The van der Waals surface area contributed by atoms with Crippen LogP contribution in [0.5, 0.6) is 5.75 Å². The first-order valence-corrected chi connectivity index (χ1v) is 9.22. The smallest absolute Gasteiger partial charge is 0.259 e. The lowest BCUT2D eigenvalue weighted by Gasteiger charge is -2.27. The molecule has 7 heteroatoms. The zero-order chi connectivity index (χ0) is 14.8. The molecule has 1 aliphatic rings. The van der Waals surface area contributed by atoms with Gasteiger partial charge in [0, 0.05) is 16.8 Å². The minimum atomic E-state index is 0.128. The van der Waals surface area contributed by atoms with Gasteiger partial charge in [-0.25, -0.2) is 0 Å². The molecule has 1 aromatic heterocycles. The van der Waals surface area contributed by atoms with Crippen molar-refractivity contribution in [2.45, 2.75) is 23.8 Å². The Balaban J connectivity index is 1.90. The highest BCUT2D eigenvalue weighted by Crippen LogP contribution is 2.43. The zero-order valence-electron chi connectivity index (χ0n) is 11.5. The van der Waals surface area contributed by atoms with Gasteiger partial charge in [-0.15, -0.1) is 11.8 Å². The van der Waals surface area contributed by atoms with E-state index in [1.165, 1.54) is 11.8 Å². The van der Waals surface area contributed by atoms with Gasteiger partial charge in [-0.05, 0) is 24.6 Å². The van der Waals surface area contributed by atoms with Crippen LogP contribution >= 0.6 is 35.1 Å². The second kappa shape index (κ2) is 6.50. The Morgan fingerprint density at radius 2 is 2.19 bits per heavy atom. The van der Waals surface area contributed by atoms with E-state index in [1.807, 2.05) is 23.5 Å². The summed E-state index contributed by atoms with van der Waals surface area (Å²) in [6.45, 7) is 2.18. The Hall–Kier alpha value is -0.850. The standard InChI is InChI=1S/C14H15ClN2O2S2/c1-2-11-12(21-6-5-20-11)13-16-14(19-17-13)9-7-8(18)3-4-10(9)15/h3-4,7,11-12,18H,2,5-6H2,1H3. The summed E-state index contributed by atoms with van der Waals surface area (Å²) in [5, 5.41) is 15.0. The van der Waals surface area contributed by atoms with Crippen LogP contribution in [0.15, 0.2) is 22.7 Å². The van der Waals surface area contributed by atoms with Crippen molar-refractivity contribution in [3.05, 3.63) is 29.0 Å². The average Bonchev–Trinajstić information content (AvgIpc) is 2.99. The fourth-order valence-electron chi connectivity index (χ4n) is 2.28. The topological polar surface area (TPSA) is 59.2 Å². The van der Waals surface area contributed by atoms with E-state index < -0.39 is 0 Å². The van der Waals surface area contributed by atoms with Crippen LogP contribution in [0.4, 0.5) is 0 Å². The summed E-state index contributed by atoms with van der Waals surface area (Å²) < 4.78 is 5.35. The fourth-order valence-corrected chi connectivity index (χ4v) is 5.46. The second-order valence-electron chi connectivity index (χ2n) is 4.73. The lowest BCUT2D eigenvalue weighted by atomic mass is 10.2. The van der Waals surface area contributed by atoms with E-state index in [0.29, 0.717) is 27.6 Å². The molecule has 1 aromatic carbocycles. The van der Waals surface area contributed by atoms with Gasteiger partial charge >= 0.3 is 0 Å². The molecule has 0 amide bonds. The van der Waals surface area contributed by atoms with E-state index in [0.717, 1.165) is 12.2 Å². The van der Waals surface area contributed by atoms with Crippen LogP contribution in [0.2, 0.25) is 5.02 Å². The summed E-state index contributed by atoms with van der Waals surface area (Å²) in [5.41, 5.74) is 0.567. The number of aromatic hydroxyl groups is 1. The molecule has 1 N–H and O–H groups in total. The first-order chi connectivity index (χ1) is 10.2. The quantitative estimate of drug-likeness (QED) is 0.892. The molecule has 1 aliphatic heterocycles. The molecular weight excluding hydrogens is 328 g/mol. The molecule has 1 saturated heterocycles. The number of rotatable bonds is 3. The molecule has 0 radical (unpaired) electrons. The third-order valence-electron chi connectivity index (χ3n) is 3.33. The van der Waals surface area contributed by atoms with E-state index in [-0.39, 0.29) is 11.0 Å². The molecule has 0 saturated carbocycles. The SMILES string of the molecule is CCC1SCCSC1c1noc(-c2cc(O)ccc2Cl)n1. The van der Waals surface area contributed by atoms with Gasteiger partial charge in [0.1, 0.15) is 5.75 Å². The fraction of sp³-hybridized carbons (Fsp3) is 0.429. The maximum Gasteiger partial charge on any atom is 0.259 e. The normalized spacial score (nSPS) is 22.4. The molecule has 112 valence electrons. The van der Waals surface area contributed by atoms with E-state index >= 15 is 0 Å². The number of nitrogens with zero attached hydrogens (tertiary/aromatic N) is 2. The van der Waals surface area contributed by atoms with Gasteiger partial charge in [0.25, 0.3) is 5.89 Å². The van der Waals surface area contributed by atoms with Gasteiger partial charge in [0.15, 0.2) is 5.82 Å². The summed E-state index contributed by atoms with van der Waals surface area (Å²) in [6, 6.07) is 4.69. The third kappa shape index (κ3) is 3.17. The van der Waals surface area contributed by atoms with Crippen LogP contribution in [0, 0.1) is 0 Å². The van der Waals surface area contributed by atoms with Gasteiger partial charge in [-0.1, -0.05) is 23.7 Å². The molecule has 3 rings (SSSR count). The number of phenols is 1. The molecule has 0 aliphatic carbocycles. The maximum absolute atomic E-state index is 9.58. The predicted molar refractivity (Wildman–Crippen MR) is 88.1 cm³/mol. The first kappa shape index (κ1) is 15.1. The van der Waals surface area contributed by atoms with Gasteiger partial charge in [0.05, 0.1) is 15.8 Å². The van der Waals surface area contributed by atoms with Crippen molar-refractivity contribution in [2.75, 3.05) is 11.5 Å². The summed E-state index contributed by atoms with van der Waals surface area (Å²) in [7, 11) is 0. The monoisotopic (exact) mass is 342 g/mol. The Morgan fingerprint density at radius 1 is 1.38 bits per heavy atom. The largest absolute Gasteiger partial charge is 0.508 e. The first-order valence-electron chi connectivity index (χ1n) is 6.74. The number of phenolic OH excluding ortho intramolecular Hbond substituents is 1. The highest BCUT2D eigenvalue weighted by Gasteiger charge is 2.30. The highest BCUT2D eigenvalue weighted by molar-refractivity contribution is 8.06. The van der Waals surface area contributed by atoms with Crippen molar-refractivity contribution in [3.8, 4) is 17.2 Å². The molecule has 1 fully saturated rings. The lowest BCUT2D eigenvalue weighted by Crippen LogP contribution is -2.19. The van der Waals surface area contributed by atoms with Crippen LogP contribution in [0.1, 0.15) is 24.4 Å². The number of aromatic nitrogens is 2. The molecule has 2 heterocycles. The Bertz CT molecular complexity index is 635. The van der Waals surface area contributed by atoms with Crippen molar-refractivity contribution in [2.24, 2.45) is 0 Å². The Kier molecular flexibility index (Phi) is 4.66. The van der Waals surface area contributed by atoms with E-state index in [9.17, 15) is 5.11 Å². The van der Waals surface area contributed by atoms with Crippen molar-refractivity contribution in [1.82, 2.24) is 10.1 Å². The molecule has 4 nitrogen and oxygen atoms in total. The molecule has 21 heavy (non-hydrogen) atoms. The molecular formula is C14H15ClN2O2S2. The number of halogens is 1. The molecule has 0 spiro atoms. The number of thioether (sulfide) groups is 2. The minimum absolute atomic E-state index is 0.128.